The van der Waals surface area contributed by atoms with E-state index in [1.54, 1.807) is 0 Å². The number of nitrogens with one attached hydrogen (secondary N) is 1. The molecule has 1 fully saturated rings. The lowest BCUT2D eigenvalue weighted by atomic mass is 10.1. The fraction of sp³-hybridized carbons (Fsp3) is 0.409. The first-order valence-electron chi connectivity index (χ1n) is 9.41. The fourth-order valence-electron chi connectivity index (χ4n) is 3.51. The average Bonchev–Trinajstić information content (AvgIpc) is 2.62. The van der Waals surface area contributed by atoms with Crippen molar-refractivity contribution in [3.63, 3.8) is 0 Å². The maximum absolute atomic E-state index is 12.6. The lowest BCUT2D eigenvalue weighted by Crippen LogP contribution is -2.52. The molecule has 2 aromatic rings. The number of aryl methyl sites for hydroxylation is 2. The molecule has 2 aromatic carbocycles. The predicted molar refractivity (Wildman–Crippen MR) is 107 cm³/mol. The molecule has 3 rings (SSSR count). The summed E-state index contributed by atoms with van der Waals surface area (Å²) in [5.74, 6) is 0.0720. The second-order valence-corrected chi connectivity index (χ2v) is 7.34. The highest BCUT2D eigenvalue weighted by Gasteiger charge is 2.25. The fourth-order valence-corrected chi connectivity index (χ4v) is 3.51. The van der Waals surface area contributed by atoms with E-state index in [-0.39, 0.29) is 11.9 Å². The van der Waals surface area contributed by atoms with Crippen molar-refractivity contribution in [2.45, 2.75) is 33.4 Å². The van der Waals surface area contributed by atoms with E-state index in [9.17, 15) is 4.79 Å². The molecule has 0 aliphatic carbocycles. The second-order valence-electron chi connectivity index (χ2n) is 7.34. The van der Waals surface area contributed by atoms with Crippen LogP contribution in [0.3, 0.4) is 0 Å². The van der Waals surface area contributed by atoms with E-state index in [2.05, 4.69) is 46.3 Å². The van der Waals surface area contributed by atoms with Gasteiger partial charge in [-0.15, -0.1) is 0 Å². The quantitative estimate of drug-likeness (QED) is 0.896. The van der Waals surface area contributed by atoms with Crippen LogP contribution in [0.1, 0.15) is 23.6 Å². The number of carbonyl (C=O) groups is 1. The minimum Gasteiger partial charge on any atom is -0.325 e. The van der Waals surface area contributed by atoms with Gasteiger partial charge in [0.2, 0.25) is 5.91 Å². The summed E-state index contributed by atoms with van der Waals surface area (Å²) in [6.45, 7) is 11.0. The van der Waals surface area contributed by atoms with Crippen LogP contribution in [0.2, 0.25) is 0 Å². The third-order valence-corrected chi connectivity index (χ3v) is 5.11. The molecule has 0 saturated carbocycles. The summed E-state index contributed by atoms with van der Waals surface area (Å²) in [7, 11) is 0. The Kier molecular flexibility index (Phi) is 6.07. The van der Waals surface area contributed by atoms with Gasteiger partial charge in [0.25, 0.3) is 0 Å². The summed E-state index contributed by atoms with van der Waals surface area (Å²) < 4.78 is 0. The monoisotopic (exact) mass is 351 g/mol. The Morgan fingerprint density at radius 1 is 1.00 bits per heavy atom. The molecule has 1 atom stereocenters. The Bertz CT molecular complexity index is 751. The number of carbonyl (C=O) groups excluding carboxylic acids is 1. The highest BCUT2D eigenvalue weighted by atomic mass is 16.2. The van der Waals surface area contributed by atoms with Crippen molar-refractivity contribution < 1.29 is 4.79 Å². The summed E-state index contributed by atoms with van der Waals surface area (Å²) in [5.41, 5.74) is 4.70. The van der Waals surface area contributed by atoms with Gasteiger partial charge in [-0.1, -0.05) is 42.0 Å². The largest absolute Gasteiger partial charge is 0.325 e. The lowest BCUT2D eigenvalue weighted by Gasteiger charge is -2.37. The number of hydrogen-bond donors (Lipinski definition) is 1. The molecule has 26 heavy (non-hydrogen) atoms. The van der Waals surface area contributed by atoms with Crippen LogP contribution in [0.15, 0.2) is 48.5 Å². The van der Waals surface area contributed by atoms with Gasteiger partial charge in [-0.05, 0) is 44.0 Å². The van der Waals surface area contributed by atoms with Gasteiger partial charge in [0.15, 0.2) is 0 Å². The highest BCUT2D eigenvalue weighted by Crippen LogP contribution is 2.14. The van der Waals surface area contributed by atoms with Crippen LogP contribution in [0.4, 0.5) is 5.69 Å². The topological polar surface area (TPSA) is 35.6 Å². The van der Waals surface area contributed by atoms with E-state index < -0.39 is 0 Å². The van der Waals surface area contributed by atoms with Gasteiger partial charge < -0.3 is 5.32 Å². The van der Waals surface area contributed by atoms with Gasteiger partial charge in [-0.3, -0.25) is 14.6 Å². The van der Waals surface area contributed by atoms with Crippen LogP contribution in [-0.4, -0.2) is 47.9 Å². The normalized spacial score (nSPS) is 17.0. The molecule has 4 heteroatoms. The van der Waals surface area contributed by atoms with E-state index in [0.29, 0.717) is 0 Å². The maximum Gasteiger partial charge on any atom is 0.241 e. The van der Waals surface area contributed by atoms with E-state index in [0.717, 1.165) is 44.0 Å². The number of nitrogens with zero attached hydrogens (tertiary/aromatic N) is 2. The maximum atomic E-state index is 12.6. The van der Waals surface area contributed by atoms with Gasteiger partial charge in [0.1, 0.15) is 0 Å². The molecule has 138 valence electrons. The number of piperazine rings is 1. The molecular formula is C22H29N3O. The molecule has 0 radical (unpaired) electrons. The molecule has 1 saturated heterocycles. The van der Waals surface area contributed by atoms with Gasteiger partial charge in [-0.25, -0.2) is 0 Å². The molecule has 0 bridgehead atoms. The van der Waals surface area contributed by atoms with E-state index in [4.69, 9.17) is 0 Å². The molecule has 4 nitrogen and oxygen atoms in total. The van der Waals surface area contributed by atoms with Gasteiger partial charge in [0.05, 0.1) is 6.04 Å². The van der Waals surface area contributed by atoms with Crippen molar-refractivity contribution in [2.24, 2.45) is 0 Å². The molecule has 0 unspecified atom stereocenters. The van der Waals surface area contributed by atoms with Crippen LogP contribution >= 0.6 is 0 Å². The SMILES string of the molecule is Cc1cccc(CN2CCN([C@@H](C)C(=O)Nc3cccc(C)c3)CC2)c1. The molecule has 1 aliphatic heterocycles. The van der Waals surface area contributed by atoms with Crippen molar-refractivity contribution in [1.82, 2.24) is 9.80 Å². The standard InChI is InChI=1S/C22H29N3O/c1-17-6-4-8-20(14-17)16-24-10-12-25(13-11-24)19(3)22(26)23-21-9-5-7-18(2)15-21/h4-9,14-15,19H,10-13,16H2,1-3H3,(H,23,26)/t19-/m0/s1. The molecule has 0 aromatic heterocycles. The first-order valence-corrected chi connectivity index (χ1v) is 9.41. The van der Waals surface area contributed by atoms with E-state index in [1.165, 1.54) is 11.1 Å². The summed E-state index contributed by atoms with van der Waals surface area (Å²) in [4.78, 5) is 17.3. The summed E-state index contributed by atoms with van der Waals surface area (Å²) in [5, 5.41) is 3.04. The Morgan fingerprint density at radius 2 is 1.65 bits per heavy atom. The van der Waals surface area contributed by atoms with Crippen molar-refractivity contribution >= 4 is 11.6 Å². The predicted octanol–water partition coefficient (Wildman–Crippen LogP) is 3.45. The van der Waals surface area contributed by atoms with Crippen LogP contribution in [-0.2, 0) is 11.3 Å². The number of rotatable bonds is 5. The second kappa shape index (κ2) is 8.47. The van der Waals surface area contributed by atoms with Crippen LogP contribution < -0.4 is 5.32 Å². The Hall–Kier alpha value is -2.17. The third-order valence-electron chi connectivity index (χ3n) is 5.11. The minimum atomic E-state index is -0.114. The Labute approximate surface area is 156 Å². The summed E-state index contributed by atoms with van der Waals surface area (Å²) in [6.07, 6.45) is 0. The van der Waals surface area contributed by atoms with E-state index in [1.807, 2.05) is 38.1 Å². The zero-order valence-corrected chi connectivity index (χ0v) is 16.0. The lowest BCUT2D eigenvalue weighted by molar-refractivity contribution is -0.121. The first-order chi connectivity index (χ1) is 12.5. The van der Waals surface area contributed by atoms with Crippen LogP contribution in [0.25, 0.3) is 0 Å². The molecule has 1 N–H and O–H groups in total. The number of anilines is 1. The first kappa shape index (κ1) is 18.6. The van der Waals surface area contributed by atoms with Crippen LogP contribution in [0.5, 0.6) is 0 Å². The summed E-state index contributed by atoms with van der Waals surface area (Å²) >= 11 is 0. The zero-order valence-electron chi connectivity index (χ0n) is 16.0. The Morgan fingerprint density at radius 3 is 2.31 bits per heavy atom. The number of hydrogen-bond acceptors (Lipinski definition) is 3. The van der Waals surface area contributed by atoms with Gasteiger partial charge >= 0.3 is 0 Å². The third kappa shape index (κ3) is 4.93. The Balaban J connectivity index is 1.50. The number of amides is 1. The molecule has 1 aliphatic rings. The molecule has 1 heterocycles. The van der Waals surface area contributed by atoms with E-state index >= 15 is 0 Å². The average molecular weight is 351 g/mol. The molecule has 0 spiro atoms. The molecular weight excluding hydrogens is 322 g/mol. The summed E-state index contributed by atoms with van der Waals surface area (Å²) in [6, 6.07) is 16.5. The van der Waals surface area contributed by atoms with Crippen molar-refractivity contribution in [3.8, 4) is 0 Å². The van der Waals surface area contributed by atoms with Crippen LogP contribution in [0, 0.1) is 13.8 Å². The smallest absolute Gasteiger partial charge is 0.241 e. The molecule has 1 amide bonds. The van der Waals surface area contributed by atoms with Crippen molar-refractivity contribution in [3.05, 3.63) is 65.2 Å². The minimum absolute atomic E-state index is 0.0720. The highest BCUT2D eigenvalue weighted by molar-refractivity contribution is 5.94. The van der Waals surface area contributed by atoms with Crippen molar-refractivity contribution in [1.29, 1.82) is 0 Å². The zero-order chi connectivity index (χ0) is 18.5. The number of benzene rings is 2. The van der Waals surface area contributed by atoms with Gasteiger partial charge in [0, 0.05) is 38.4 Å². The van der Waals surface area contributed by atoms with Gasteiger partial charge in [-0.2, -0.15) is 0 Å². The van der Waals surface area contributed by atoms with Crippen molar-refractivity contribution in [2.75, 3.05) is 31.5 Å².